The minimum atomic E-state index is -0.968. The molecule has 1 fully saturated rings. The van der Waals surface area contributed by atoms with Crippen LogP contribution in [0.1, 0.15) is 42.6 Å². The molecule has 38 heavy (non-hydrogen) atoms. The molecule has 0 unspecified atom stereocenters. The Kier molecular flexibility index (Phi) is 8.32. The average molecular weight is 534 g/mol. The highest BCUT2D eigenvalue weighted by Crippen LogP contribution is 2.34. The first-order valence-electron chi connectivity index (χ1n) is 12.6. The normalized spacial score (nSPS) is 17.5. The van der Waals surface area contributed by atoms with Crippen LogP contribution >= 0.6 is 11.6 Å². The number of benzene rings is 2. The molecule has 1 aliphatic heterocycles. The maximum Gasteiger partial charge on any atom is 0.325 e. The van der Waals surface area contributed by atoms with E-state index in [1.165, 1.54) is 4.90 Å². The fraction of sp³-hybridized carbons (Fsp3) is 0.310. The Morgan fingerprint density at radius 2 is 1.87 bits per heavy atom. The summed E-state index contributed by atoms with van der Waals surface area (Å²) in [5, 5.41) is 3.52. The second kappa shape index (κ2) is 11.6. The topological polar surface area (TPSA) is 109 Å². The number of likely N-dealkylation sites (tertiary alicyclic amines) is 1. The van der Waals surface area contributed by atoms with Crippen LogP contribution < -0.4 is 16.0 Å². The molecule has 198 valence electrons. The first-order valence-corrected chi connectivity index (χ1v) is 13.0. The van der Waals surface area contributed by atoms with Crippen molar-refractivity contribution >= 4 is 41.0 Å². The first kappa shape index (κ1) is 27.1. The lowest BCUT2D eigenvalue weighted by Crippen LogP contribution is -2.70. The summed E-state index contributed by atoms with van der Waals surface area (Å²) in [6, 6.07) is 18.0. The van der Waals surface area contributed by atoms with Gasteiger partial charge in [0.05, 0.1) is 12.0 Å². The maximum atomic E-state index is 13.7. The number of nitrogens with two attached hydrogens (primary N) is 1. The number of hydrogen-bond acceptors (Lipinski definition) is 5. The predicted octanol–water partition coefficient (Wildman–Crippen LogP) is 4.91. The molecule has 0 radical (unpaired) electrons. The van der Waals surface area contributed by atoms with Gasteiger partial charge in [-0.25, -0.2) is 9.78 Å². The lowest BCUT2D eigenvalue weighted by Gasteiger charge is -2.46. The van der Waals surface area contributed by atoms with Gasteiger partial charge in [-0.2, -0.15) is 0 Å². The van der Waals surface area contributed by atoms with Crippen LogP contribution in [-0.2, 0) is 16.0 Å². The molecule has 1 aromatic heterocycles. The minimum Gasteiger partial charge on any atom is -0.384 e. The van der Waals surface area contributed by atoms with Crippen LogP contribution in [0.15, 0.2) is 66.7 Å². The van der Waals surface area contributed by atoms with Crippen LogP contribution in [-0.4, -0.2) is 40.8 Å². The van der Waals surface area contributed by atoms with Crippen LogP contribution in [0.4, 0.5) is 16.3 Å². The van der Waals surface area contributed by atoms with Crippen LogP contribution in [0.2, 0.25) is 5.02 Å². The number of nitrogens with zero attached hydrogens (tertiary/aromatic N) is 3. The van der Waals surface area contributed by atoms with Gasteiger partial charge in [0.15, 0.2) is 0 Å². The molecule has 0 bridgehead atoms. The third-order valence-electron chi connectivity index (χ3n) is 6.77. The van der Waals surface area contributed by atoms with Gasteiger partial charge in [0.1, 0.15) is 11.9 Å². The second-order valence-electron chi connectivity index (χ2n) is 9.58. The molecular weight excluding hydrogens is 502 g/mol. The molecule has 1 saturated heterocycles. The average Bonchev–Trinajstić information content (AvgIpc) is 2.89. The number of aromatic nitrogens is 1. The number of likely N-dealkylation sites (N-methyl/N-ethyl adjacent to an activating group) is 1. The Labute approximate surface area is 227 Å². The molecular formula is C29H32ClN5O3. The molecule has 3 aromatic rings. The minimum absolute atomic E-state index is 0.266. The molecule has 0 saturated carbocycles. The number of β-lactam (4-membered cyclic amide) rings is 1. The van der Waals surface area contributed by atoms with Gasteiger partial charge >= 0.3 is 6.03 Å². The molecule has 9 heteroatoms. The van der Waals surface area contributed by atoms with Gasteiger partial charge < -0.3 is 16.0 Å². The zero-order valence-electron chi connectivity index (χ0n) is 21.7. The summed E-state index contributed by atoms with van der Waals surface area (Å²) in [5.74, 6) is -1.12. The van der Waals surface area contributed by atoms with E-state index in [2.05, 4.69) is 10.3 Å². The van der Waals surface area contributed by atoms with Crippen molar-refractivity contribution < 1.29 is 14.4 Å². The van der Waals surface area contributed by atoms with Crippen molar-refractivity contribution in [1.29, 1.82) is 0 Å². The first-order chi connectivity index (χ1) is 18.2. The third-order valence-corrected chi connectivity index (χ3v) is 7.01. The standard InChI is InChI=1S/C29H32ClN5O3/c1-4-9-24(20-10-8-11-21(30)17-20)33-29(38)35-26(28(37)34(3)22-12-6-5-7-13-22)23(27(35)36)15-19-14-18(2)32-25(31)16-19/h5-8,10-14,16-17,23-24,26H,4,9,15H2,1-3H3,(H2,31,32)(H,33,38)/t23-,24-,26+/m1/s1. The second-order valence-corrected chi connectivity index (χ2v) is 10.0. The number of carbonyl (C=O) groups excluding carboxylic acids is 3. The quantitative estimate of drug-likeness (QED) is 0.400. The summed E-state index contributed by atoms with van der Waals surface area (Å²) in [7, 11) is 1.65. The molecule has 3 N–H and O–H groups in total. The largest absolute Gasteiger partial charge is 0.384 e. The van der Waals surface area contributed by atoms with Gasteiger partial charge in [0, 0.05) is 23.5 Å². The van der Waals surface area contributed by atoms with E-state index in [4.69, 9.17) is 17.3 Å². The van der Waals surface area contributed by atoms with Crippen LogP contribution in [0.25, 0.3) is 0 Å². The van der Waals surface area contributed by atoms with E-state index in [9.17, 15) is 14.4 Å². The van der Waals surface area contributed by atoms with Crippen molar-refractivity contribution in [3.63, 3.8) is 0 Å². The van der Waals surface area contributed by atoms with Crippen molar-refractivity contribution in [2.45, 2.75) is 45.2 Å². The highest BCUT2D eigenvalue weighted by atomic mass is 35.5. The predicted molar refractivity (Wildman–Crippen MR) is 149 cm³/mol. The van der Waals surface area contributed by atoms with Crippen LogP contribution in [0.5, 0.6) is 0 Å². The number of rotatable bonds is 8. The molecule has 3 atom stereocenters. The Morgan fingerprint density at radius 3 is 2.53 bits per heavy atom. The molecule has 0 spiro atoms. The van der Waals surface area contributed by atoms with Crippen molar-refractivity contribution in [1.82, 2.24) is 15.2 Å². The van der Waals surface area contributed by atoms with Crippen molar-refractivity contribution in [3.8, 4) is 0 Å². The van der Waals surface area contributed by atoms with Gasteiger partial charge in [-0.1, -0.05) is 55.3 Å². The maximum absolute atomic E-state index is 13.7. The van der Waals surface area contributed by atoms with Crippen LogP contribution in [0.3, 0.4) is 0 Å². The highest BCUT2D eigenvalue weighted by Gasteiger charge is 2.55. The Hall–Kier alpha value is -3.91. The van der Waals surface area contributed by atoms with E-state index in [0.717, 1.165) is 28.1 Å². The number of imide groups is 1. The van der Waals surface area contributed by atoms with Crippen molar-refractivity contribution in [3.05, 3.63) is 88.6 Å². The molecule has 2 heterocycles. The number of anilines is 2. The van der Waals surface area contributed by atoms with Gasteiger partial charge in [0.2, 0.25) is 5.91 Å². The Balaban J connectivity index is 1.62. The van der Waals surface area contributed by atoms with E-state index in [-0.39, 0.29) is 18.4 Å². The number of carbonyl (C=O) groups is 3. The van der Waals surface area contributed by atoms with Gasteiger partial charge in [-0.3, -0.25) is 14.5 Å². The summed E-state index contributed by atoms with van der Waals surface area (Å²) in [6.45, 7) is 3.83. The van der Waals surface area contributed by atoms with E-state index < -0.39 is 23.9 Å². The number of urea groups is 1. The highest BCUT2D eigenvalue weighted by molar-refractivity contribution is 6.30. The smallest absolute Gasteiger partial charge is 0.325 e. The lowest BCUT2D eigenvalue weighted by molar-refractivity contribution is -0.156. The van der Waals surface area contributed by atoms with E-state index in [1.807, 2.05) is 50.2 Å². The number of amides is 4. The summed E-state index contributed by atoms with van der Waals surface area (Å²) in [4.78, 5) is 47.4. The number of halogens is 1. The zero-order valence-corrected chi connectivity index (χ0v) is 22.5. The molecule has 8 nitrogen and oxygen atoms in total. The lowest BCUT2D eigenvalue weighted by atomic mass is 9.81. The number of pyridine rings is 1. The monoisotopic (exact) mass is 533 g/mol. The van der Waals surface area contributed by atoms with E-state index in [0.29, 0.717) is 22.9 Å². The number of hydrogen-bond donors (Lipinski definition) is 2. The van der Waals surface area contributed by atoms with Gasteiger partial charge in [-0.05, 0) is 67.3 Å². The van der Waals surface area contributed by atoms with Gasteiger partial charge in [-0.15, -0.1) is 0 Å². The van der Waals surface area contributed by atoms with E-state index in [1.54, 1.807) is 37.4 Å². The number of aryl methyl sites for hydroxylation is 1. The van der Waals surface area contributed by atoms with Crippen molar-refractivity contribution in [2.75, 3.05) is 17.7 Å². The summed E-state index contributed by atoms with van der Waals surface area (Å²) >= 11 is 6.19. The molecule has 2 aromatic carbocycles. The van der Waals surface area contributed by atoms with Gasteiger partial charge in [0.25, 0.3) is 5.91 Å². The Bertz CT molecular complexity index is 1310. The third kappa shape index (κ3) is 5.81. The van der Waals surface area contributed by atoms with E-state index >= 15 is 0 Å². The number of para-hydroxylation sites is 1. The molecule has 4 rings (SSSR count). The Morgan fingerprint density at radius 1 is 1.13 bits per heavy atom. The fourth-order valence-corrected chi connectivity index (χ4v) is 5.13. The van der Waals surface area contributed by atoms with Crippen LogP contribution in [0, 0.1) is 12.8 Å². The molecule has 1 aliphatic rings. The molecule has 4 amide bonds. The summed E-state index contributed by atoms with van der Waals surface area (Å²) < 4.78 is 0. The fourth-order valence-electron chi connectivity index (χ4n) is 4.93. The zero-order chi connectivity index (χ0) is 27.4. The summed E-state index contributed by atoms with van der Waals surface area (Å²) in [6.07, 6.45) is 1.72. The number of nitrogen functional groups attached to an aromatic ring is 1. The SMILES string of the molecule is CCC[C@@H](NC(=O)N1C(=O)[C@H](Cc2cc(C)nc(N)c2)[C@H]1C(=O)N(C)c1ccccc1)c1cccc(Cl)c1. The summed E-state index contributed by atoms with van der Waals surface area (Å²) in [5.41, 5.74) is 8.93. The van der Waals surface area contributed by atoms with Crippen molar-refractivity contribution in [2.24, 2.45) is 5.92 Å². The number of nitrogens with one attached hydrogen (secondary N) is 1. The molecule has 0 aliphatic carbocycles.